The van der Waals surface area contributed by atoms with Gasteiger partial charge in [0, 0.05) is 16.6 Å². The van der Waals surface area contributed by atoms with Gasteiger partial charge in [-0.15, -0.1) is 0 Å². The van der Waals surface area contributed by atoms with E-state index in [4.69, 9.17) is 16.3 Å². The van der Waals surface area contributed by atoms with E-state index in [1.165, 1.54) is 0 Å². The summed E-state index contributed by atoms with van der Waals surface area (Å²) in [5, 5.41) is 6.76. The van der Waals surface area contributed by atoms with Gasteiger partial charge in [-0.2, -0.15) is 0 Å². The van der Waals surface area contributed by atoms with Crippen LogP contribution in [0.25, 0.3) is 0 Å². The molecule has 3 rings (SSSR count). The molecule has 4 nitrogen and oxygen atoms in total. The summed E-state index contributed by atoms with van der Waals surface area (Å²) in [4.78, 5) is 12.6. The van der Waals surface area contributed by atoms with Crippen LogP contribution in [0.5, 0.6) is 11.5 Å². The van der Waals surface area contributed by atoms with Crippen LogP contribution >= 0.6 is 11.6 Å². The highest BCUT2D eigenvalue weighted by molar-refractivity contribution is 6.31. The second-order valence-corrected chi connectivity index (χ2v) is 5.96. The van der Waals surface area contributed by atoms with Gasteiger partial charge < -0.3 is 15.4 Å². The number of benzene rings is 2. The molecule has 0 aliphatic carbocycles. The average Bonchev–Trinajstić information content (AvgIpc) is 2.63. The van der Waals surface area contributed by atoms with Gasteiger partial charge in [0.2, 0.25) is 5.91 Å². The number of rotatable bonds is 2. The Hall–Kier alpha value is -2.20. The molecular weight excluding hydrogens is 300 g/mol. The van der Waals surface area contributed by atoms with E-state index in [2.05, 4.69) is 10.6 Å². The lowest BCUT2D eigenvalue weighted by molar-refractivity contribution is -0.122. The highest BCUT2D eigenvalue weighted by atomic mass is 35.5. The third kappa shape index (κ3) is 2.88. The Kier molecular flexibility index (Phi) is 3.94. The minimum absolute atomic E-state index is 0.0597. The first-order valence-electron chi connectivity index (χ1n) is 7.18. The quantitative estimate of drug-likeness (QED) is 0.876. The molecular formula is C17H17ClN2O2. The van der Waals surface area contributed by atoms with Crippen LogP contribution in [0.4, 0.5) is 5.69 Å². The molecule has 0 aromatic heterocycles. The fourth-order valence-electron chi connectivity index (χ4n) is 2.44. The van der Waals surface area contributed by atoms with Gasteiger partial charge in [0.05, 0.1) is 5.69 Å². The van der Waals surface area contributed by atoms with Crippen molar-refractivity contribution in [2.45, 2.75) is 25.9 Å². The summed E-state index contributed by atoms with van der Waals surface area (Å²) in [6.45, 7) is 3.86. The third-order valence-electron chi connectivity index (χ3n) is 3.38. The molecule has 2 N–H and O–H groups in total. The van der Waals surface area contributed by atoms with Gasteiger partial charge in [-0.25, -0.2) is 0 Å². The molecule has 1 heterocycles. The van der Waals surface area contributed by atoms with E-state index >= 15 is 0 Å². The van der Waals surface area contributed by atoms with Gasteiger partial charge in [0.15, 0.2) is 5.75 Å². The summed E-state index contributed by atoms with van der Waals surface area (Å²) in [5.74, 6) is 1.22. The third-order valence-corrected chi connectivity index (χ3v) is 3.62. The number of carbonyl (C=O) groups is 1. The Labute approximate surface area is 134 Å². The molecule has 0 saturated heterocycles. The van der Waals surface area contributed by atoms with Gasteiger partial charge in [0.25, 0.3) is 0 Å². The summed E-state index contributed by atoms with van der Waals surface area (Å²) >= 11 is 6.06. The van der Waals surface area contributed by atoms with E-state index in [0.29, 0.717) is 22.2 Å². The molecule has 0 fully saturated rings. The van der Waals surface area contributed by atoms with Crippen molar-refractivity contribution in [2.24, 2.45) is 0 Å². The Balaban J connectivity index is 2.06. The number of para-hydroxylation sites is 1. The van der Waals surface area contributed by atoms with E-state index in [1.54, 1.807) is 18.2 Å². The summed E-state index contributed by atoms with van der Waals surface area (Å²) in [5.41, 5.74) is 1.50. The topological polar surface area (TPSA) is 50.4 Å². The monoisotopic (exact) mass is 316 g/mol. The lowest BCUT2D eigenvalue weighted by atomic mass is 10.0. The second kappa shape index (κ2) is 5.89. The zero-order chi connectivity index (χ0) is 15.7. The second-order valence-electron chi connectivity index (χ2n) is 5.52. The van der Waals surface area contributed by atoms with Gasteiger partial charge in [-0.05, 0) is 38.1 Å². The summed E-state index contributed by atoms with van der Waals surface area (Å²) in [6, 6.07) is 12.4. The fourth-order valence-corrected chi connectivity index (χ4v) is 2.61. The number of fused-ring (bicyclic) bond motifs is 2. The predicted octanol–water partition coefficient (Wildman–Crippen LogP) is 4.12. The van der Waals surface area contributed by atoms with Crippen LogP contribution in [0, 0.1) is 0 Å². The number of amides is 1. The highest BCUT2D eigenvalue weighted by Gasteiger charge is 2.28. The van der Waals surface area contributed by atoms with Crippen LogP contribution in [-0.4, -0.2) is 11.9 Å². The smallest absolute Gasteiger partial charge is 0.247 e. The van der Waals surface area contributed by atoms with Crippen LogP contribution in [-0.2, 0) is 4.79 Å². The molecule has 114 valence electrons. The van der Waals surface area contributed by atoms with Crippen LogP contribution in [0.15, 0.2) is 42.5 Å². The SMILES string of the molecule is CC(C)NC(=O)C1Nc2cc(Cl)ccc2Oc2ccccc21. The largest absolute Gasteiger partial charge is 0.455 e. The molecule has 22 heavy (non-hydrogen) atoms. The lowest BCUT2D eigenvalue weighted by Gasteiger charge is -2.20. The molecule has 2 aromatic rings. The van der Waals surface area contributed by atoms with Crippen molar-refractivity contribution in [1.29, 1.82) is 0 Å². The van der Waals surface area contributed by atoms with Crippen molar-refractivity contribution < 1.29 is 9.53 Å². The number of hydrogen-bond donors (Lipinski definition) is 2. The van der Waals surface area contributed by atoms with Gasteiger partial charge in [-0.3, -0.25) is 4.79 Å². The Morgan fingerprint density at radius 1 is 1.23 bits per heavy atom. The van der Waals surface area contributed by atoms with Crippen molar-refractivity contribution in [2.75, 3.05) is 5.32 Å². The maximum absolute atomic E-state index is 12.6. The van der Waals surface area contributed by atoms with Gasteiger partial charge >= 0.3 is 0 Å². The van der Waals surface area contributed by atoms with E-state index < -0.39 is 6.04 Å². The molecule has 0 radical (unpaired) electrons. The summed E-state index contributed by atoms with van der Waals surface area (Å²) < 4.78 is 5.94. The van der Waals surface area contributed by atoms with Crippen LogP contribution in [0.1, 0.15) is 25.5 Å². The van der Waals surface area contributed by atoms with E-state index in [-0.39, 0.29) is 11.9 Å². The Morgan fingerprint density at radius 2 is 2.00 bits per heavy atom. The van der Waals surface area contributed by atoms with Gasteiger partial charge in [-0.1, -0.05) is 29.8 Å². The molecule has 1 unspecified atom stereocenters. The number of nitrogens with one attached hydrogen (secondary N) is 2. The molecule has 1 amide bonds. The van der Waals surface area contributed by atoms with E-state index in [0.717, 1.165) is 5.56 Å². The Bertz CT molecular complexity index is 716. The standard InChI is InChI=1S/C17H17ClN2O2/c1-10(2)19-17(21)16-12-5-3-4-6-14(12)22-15-8-7-11(18)9-13(15)20-16/h3-10,16,20H,1-2H3,(H,19,21). The number of ether oxygens (including phenoxy) is 1. The minimum Gasteiger partial charge on any atom is -0.455 e. The predicted molar refractivity (Wildman–Crippen MR) is 87.6 cm³/mol. The maximum atomic E-state index is 12.6. The molecule has 1 aliphatic rings. The molecule has 0 spiro atoms. The highest BCUT2D eigenvalue weighted by Crippen LogP contribution is 2.41. The first-order valence-corrected chi connectivity index (χ1v) is 7.55. The van der Waals surface area contributed by atoms with Crippen molar-refractivity contribution in [3.8, 4) is 11.5 Å². The number of halogens is 1. The maximum Gasteiger partial charge on any atom is 0.247 e. The average molecular weight is 317 g/mol. The molecule has 1 atom stereocenters. The molecule has 2 aromatic carbocycles. The molecule has 0 saturated carbocycles. The first-order chi connectivity index (χ1) is 10.5. The van der Waals surface area contributed by atoms with Crippen LogP contribution in [0.3, 0.4) is 0 Å². The first kappa shape index (κ1) is 14.7. The van der Waals surface area contributed by atoms with Crippen molar-refractivity contribution in [1.82, 2.24) is 5.32 Å². The minimum atomic E-state index is -0.529. The number of carbonyl (C=O) groups excluding carboxylic acids is 1. The number of hydrogen-bond acceptors (Lipinski definition) is 3. The molecule has 1 aliphatic heterocycles. The molecule has 0 bridgehead atoms. The fraction of sp³-hybridized carbons (Fsp3) is 0.235. The van der Waals surface area contributed by atoms with Crippen molar-refractivity contribution in [3.63, 3.8) is 0 Å². The summed E-state index contributed by atoms with van der Waals surface area (Å²) in [6.07, 6.45) is 0. The van der Waals surface area contributed by atoms with Gasteiger partial charge in [0.1, 0.15) is 11.8 Å². The lowest BCUT2D eigenvalue weighted by Crippen LogP contribution is -2.37. The van der Waals surface area contributed by atoms with Crippen LogP contribution in [0.2, 0.25) is 5.02 Å². The Morgan fingerprint density at radius 3 is 2.77 bits per heavy atom. The molecule has 5 heteroatoms. The van der Waals surface area contributed by atoms with Crippen LogP contribution < -0.4 is 15.4 Å². The van der Waals surface area contributed by atoms with E-state index in [1.807, 2.05) is 38.1 Å². The zero-order valence-corrected chi connectivity index (χ0v) is 13.1. The normalized spacial score (nSPS) is 15.9. The van der Waals surface area contributed by atoms with Crippen molar-refractivity contribution in [3.05, 3.63) is 53.1 Å². The van der Waals surface area contributed by atoms with Crippen molar-refractivity contribution >= 4 is 23.2 Å². The number of anilines is 1. The van der Waals surface area contributed by atoms with E-state index in [9.17, 15) is 4.79 Å². The zero-order valence-electron chi connectivity index (χ0n) is 12.4. The summed E-state index contributed by atoms with van der Waals surface area (Å²) in [7, 11) is 0.